The monoisotopic (exact) mass is 415 g/mol. The molecule has 0 spiro atoms. The predicted molar refractivity (Wildman–Crippen MR) is 97.5 cm³/mol. The summed E-state index contributed by atoms with van der Waals surface area (Å²) < 4.78 is 9.83. The quantitative estimate of drug-likeness (QED) is 0.341. The van der Waals surface area contributed by atoms with Gasteiger partial charge in [0.25, 0.3) is 0 Å². The fourth-order valence-electron chi connectivity index (χ4n) is 2.45. The van der Waals surface area contributed by atoms with Crippen molar-refractivity contribution in [2.75, 3.05) is 6.61 Å². The number of nitrogens with zero attached hydrogens (tertiary/aromatic N) is 3. The summed E-state index contributed by atoms with van der Waals surface area (Å²) >= 11 is 0. The number of rotatable bonds is 7. The molecule has 1 aromatic heterocycles. The molecular formula is C20H22BrN3O2. The Balaban J connectivity index is 0.00000243. The lowest BCUT2D eigenvalue weighted by Crippen LogP contribution is -3.00. The Morgan fingerprint density at radius 3 is 2.69 bits per heavy atom. The van der Waals surface area contributed by atoms with Crippen LogP contribution in [0.4, 0.5) is 5.69 Å². The molecule has 0 fully saturated rings. The summed E-state index contributed by atoms with van der Waals surface area (Å²) in [6.45, 7) is 1.49. The van der Waals surface area contributed by atoms with Crippen LogP contribution in [0.25, 0.3) is 0 Å². The Kier molecular flexibility index (Phi) is 7.41. The fourth-order valence-corrected chi connectivity index (χ4v) is 2.45. The molecule has 0 atom stereocenters. The maximum atomic E-state index is 10.1. The van der Waals surface area contributed by atoms with Gasteiger partial charge < -0.3 is 26.8 Å². The van der Waals surface area contributed by atoms with E-state index in [1.807, 2.05) is 72.8 Å². The van der Waals surface area contributed by atoms with Crippen molar-refractivity contribution >= 4 is 11.9 Å². The Bertz CT molecular complexity index is 847. The first-order chi connectivity index (χ1) is 12.2. The van der Waals surface area contributed by atoms with Crippen molar-refractivity contribution in [1.82, 2.24) is 4.57 Å². The second-order valence-electron chi connectivity index (χ2n) is 5.83. The molecule has 0 unspecified atom stereocenters. The van der Waals surface area contributed by atoms with E-state index in [1.54, 1.807) is 12.3 Å². The lowest BCUT2D eigenvalue weighted by Gasteiger charge is -2.07. The number of para-hydroxylation sites is 1. The van der Waals surface area contributed by atoms with Crippen LogP contribution in [-0.4, -0.2) is 22.5 Å². The van der Waals surface area contributed by atoms with E-state index >= 15 is 0 Å². The number of ether oxygens (including phenoxy) is 1. The van der Waals surface area contributed by atoms with E-state index in [1.165, 1.54) is 0 Å². The molecule has 1 N–H and O–H groups in total. The van der Waals surface area contributed by atoms with Gasteiger partial charge in [-0.1, -0.05) is 18.2 Å². The third-order valence-electron chi connectivity index (χ3n) is 3.76. The number of aliphatic imine (C=N–C) groups is 1. The number of aryl methyl sites for hydroxylation is 2. The maximum Gasteiger partial charge on any atom is 0.243 e. The van der Waals surface area contributed by atoms with Crippen LogP contribution in [0.2, 0.25) is 0 Å². The average molecular weight is 416 g/mol. The van der Waals surface area contributed by atoms with Crippen LogP contribution in [0.15, 0.2) is 72.2 Å². The molecule has 3 aromatic rings. The molecule has 1 heterocycles. The topological polar surface area (TPSA) is 50.6 Å². The fraction of sp³-hybridized carbons (Fsp3) is 0.200. The average Bonchev–Trinajstić information content (AvgIpc) is 3.04. The largest absolute Gasteiger partial charge is 1.00 e. The minimum atomic E-state index is 0. The van der Waals surface area contributed by atoms with E-state index in [0.717, 1.165) is 18.7 Å². The van der Waals surface area contributed by atoms with Gasteiger partial charge in [0.2, 0.25) is 6.33 Å². The lowest BCUT2D eigenvalue weighted by molar-refractivity contribution is -0.671. The summed E-state index contributed by atoms with van der Waals surface area (Å²) in [4.78, 5) is 4.35. The molecule has 0 radical (unpaired) electrons. The number of phenolic OH excluding ortho intramolecular Hbond substituents is 1. The highest BCUT2D eigenvalue weighted by Gasteiger charge is 2.03. The van der Waals surface area contributed by atoms with Crippen molar-refractivity contribution in [1.29, 1.82) is 0 Å². The minimum absolute atomic E-state index is 0. The molecule has 136 valence electrons. The van der Waals surface area contributed by atoms with Gasteiger partial charge in [-0.2, -0.15) is 0 Å². The molecule has 0 aliphatic rings. The molecule has 26 heavy (non-hydrogen) atoms. The number of hydrogen-bond acceptors (Lipinski definition) is 3. The molecule has 0 bridgehead atoms. The van der Waals surface area contributed by atoms with Crippen molar-refractivity contribution in [2.24, 2.45) is 12.0 Å². The van der Waals surface area contributed by atoms with Gasteiger partial charge in [0, 0.05) is 24.3 Å². The summed E-state index contributed by atoms with van der Waals surface area (Å²) in [6, 6.07) is 14.9. The van der Waals surface area contributed by atoms with Crippen molar-refractivity contribution in [3.63, 3.8) is 0 Å². The standard InChI is InChI=1S/C20H21N3O2.BrH/c1-22-11-12-23(16-22)10-5-13-25-19-9-8-17(20(24)14-19)15-21-18-6-3-2-4-7-18;/h2-4,6-9,11-12,14-16H,5,10,13H2,1H3;1H. The highest BCUT2D eigenvalue weighted by molar-refractivity contribution is 5.85. The van der Waals surface area contributed by atoms with Crippen LogP contribution in [0.5, 0.6) is 11.5 Å². The van der Waals surface area contributed by atoms with E-state index in [0.29, 0.717) is 17.9 Å². The molecule has 3 rings (SSSR count). The van der Waals surface area contributed by atoms with E-state index < -0.39 is 0 Å². The third kappa shape index (κ3) is 5.74. The van der Waals surface area contributed by atoms with Crippen LogP contribution < -0.4 is 26.3 Å². The summed E-state index contributed by atoms with van der Waals surface area (Å²) in [5, 5.41) is 10.1. The SMILES string of the molecule is C[n+]1ccn(CCCOc2ccc(C=Nc3ccccc3)c(O)c2)c1.[Br-]. The number of benzene rings is 2. The van der Waals surface area contributed by atoms with Gasteiger partial charge in [-0.05, 0) is 24.3 Å². The lowest BCUT2D eigenvalue weighted by atomic mass is 10.2. The van der Waals surface area contributed by atoms with Gasteiger partial charge in [-0.15, -0.1) is 0 Å². The normalized spacial score (nSPS) is 10.7. The Morgan fingerprint density at radius 1 is 1.19 bits per heavy atom. The summed E-state index contributed by atoms with van der Waals surface area (Å²) in [6.07, 6.45) is 8.63. The van der Waals surface area contributed by atoms with Gasteiger partial charge in [-0.3, -0.25) is 4.99 Å². The van der Waals surface area contributed by atoms with Crippen LogP contribution in [0, 0.1) is 0 Å². The zero-order valence-corrected chi connectivity index (χ0v) is 16.2. The summed E-state index contributed by atoms with van der Waals surface area (Å²) in [5.41, 5.74) is 1.51. The highest BCUT2D eigenvalue weighted by atomic mass is 79.9. The maximum absolute atomic E-state index is 10.1. The van der Waals surface area contributed by atoms with Gasteiger partial charge in [0.15, 0.2) is 0 Å². The smallest absolute Gasteiger partial charge is 0.243 e. The number of aromatic nitrogens is 2. The highest BCUT2D eigenvalue weighted by Crippen LogP contribution is 2.23. The Labute approximate surface area is 164 Å². The van der Waals surface area contributed by atoms with Crippen LogP contribution in [-0.2, 0) is 13.6 Å². The second-order valence-corrected chi connectivity index (χ2v) is 5.83. The van der Waals surface area contributed by atoms with Crippen molar-refractivity contribution < 1.29 is 31.4 Å². The molecule has 6 heteroatoms. The molecule has 0 saturated heterocycles. The number of phenols is 1. The van der Waals surface area contributed by atoms with Crippen LogP contribution in [0.3, 0.4) is 0 Å². The second kappa shape index (κ2) is 9.77. The number of aromatic hydroxyl groups is 1. The van der Waals surface area contributed by atoms with Gasteiger partial charge in [0.1, 0.15) is 23.9 Å². The van der Waals surface area contributed by atoms with Crippen molar-refractivity contribution in [3.8, 4) is 11.5 Å². The molecule has 0 aliphatic heterocycles. The molecule has 5 nitrogen and oxygen atoms in total. The van der Waals surface area contributed by atoms with Crippen LogP contribution in [0.1, 0.15) is 12.0 Å². The Hall–Kier alpha value is -2.60. The first-order valence-electron chi connectivity index (χ1n) is 8.27. The Morgan fingerprint density at radius 2 is 2.00 bits per heavy atom. The molecule has 0 aliphatic carbocycles. The zero-order chi connectivity index (χ0) is 17.5. The molecule has 0 amide bonds. The molecule has 2 aromatic carbocycles. The predicted octanol–water partition coefficient (Wildman–Crippen LogP) is 0.242. The first kappa shape index (κ1) is 19.7. The third-order valence-corrected chi connectivity index (χ3v) is 3.76. The summed E-state index contributed by atoms with van der Waals surface area (Å²) in [7, 11) is 2.00. The van der Waals surface area contributed by atoms with E-state index in [2.05, 4.69) is 9.56 Å². The van der Waals surface area contributed by atoms with E-state index in [9.17, 15) is 5.11 Å². The number of hydrogen-bond donors (Lipinski definition) is 1. The van der Waals surface area contributed by atoms with Crippen LogP contribution >= 0.6 is 0 Å². The first-order valence-corrected chi connectivity index (χ1v) is 8.27. The van der Waals surface area contributed by atoms with Gasteiger partial charge >= 0.3 is 0 Å². The van der Waals surface area contributed by atoms with Crippen molar-refractivity contribution in [3.05, 3.63) is 72.8 Å². The zero-order valence-electron chi connectivity index (χ0n) is 14.6. The van der Waals surface area contributed by atoms with Crippen molar-refractivity contribution in [2.45, 2.75) is 13.0 Å². The van der Waals surface area contributed by atoms with E-state index in [4.69, 9.17) is 4.74 Å². The summed E-state index contributed by atoms with van der Waals surface area (Å²) in [5.74, 6) is 0.821. The van der Waals surface area contributed by atoms with E-state index in [-0.39, 0.29) is 22.7 Å². The van der Waals surface area contributed by atoms with Gasteiger partial charge in [0.05, 0.1) is 25.9 Å². The number of imidazole rings is 1. The molecular weight excluding hydrogens is 394 g/mol. The molecule has 0 saturated carbocycles. The number of halogens is 1. The van der Waals surface area contributed by atoms with Gasteiger partial charge in [-0.25, -0.2) is 9.13 Å². The minimum Gasteiger partial charge on any atom is -1.00 e.